The van der Waals surface area contributed by atoms with Gasteiger partial charge in [-0.1, -0.05) is 0 Å². The van der Waals surface area contributed by atoms with Crippen molar-refractivity contribution in [2.24, 2.45) is 5.73 Å². The molecule has 0 amide bonds. The average Bonchev–Trinajstić information content (AvgIpc) is 2.93. The lowest BCUT2D eigenvalue weighted by molar-refractivity contribution is 0.520. The summed E-state index contributed by atoms with van der Waals surface area (Å²) in [6.45, 7) is 4.05. The van der Waals surface area contributed by atoms with Crippen LogP contribution in [0.4, 0.5) is 4.39 Å². The number of nitrogens with zero attached hydrogens (tertiary/aromatic N) is 4. The van der Waals surface area contributed by atoms with Gasteiger partial charge in [0.2, 0.25) is 10.0 Å². The summed E-state index contributed by atoms with van der Waals surface area (Å²) in [5, 5.41) is 0. The summed E-state index contributed by atoms with van der Waals surface area (Å²) in [4.78, 5) is 9.15. The summed E-state index contributed by atoms with van der Waals surface area (Å²) in [6, 6.07) is 7.08. The van der Waals surface area contributed by atoms with E-state index in [9.17, 15) is 12.8 Å². The van der Waals surface area contributed by atoms with Crippen LogP contribution in [0.1, 0.15) is 22.6 Å². The van der Waals surface area contributed by atoms with Crippen LogP contribution in [0.5, 0.6) is 0 Å². The number of allylic oxidation sites excluding steroid dienone is 1. The molecule has 184 valence electrons. The molecule has 0 aliphatic rings. The summed E-state index contributed by atoms with van der Waals surface area (Å²) in [5.74, 6) is -0.305. The predicted molar refractivity (Wildman–Crippen MR) is 137 cm³/mol. The Morgan fingerprint density at radius 1 is 1.15 bits per heavy atom. The van der Waals surface area contributed by atoms with Gasteiger partial charge in [0, 0.05) is 55.9 Å². The molecule has 0 spiro atoms. The monoisotopic (exact) mass is 539 g/mol. The number of rotatable bonds is 7. The van der Waals surface area contributed by atoms with Gasteiger partial charge >= 0.3 is 0 Å². The summed E-state index contributed by atoms with van der Waals surface area (Å²) in [7, 11) is -0.574. The zero-order valence-electron chi connectivity index (χ0n) is 18.8. The first-order valence-corrected chi connectivity index (χ1v) is 11.0. The van der Waals surface area contributed by atoms with Gasteiger partial charge in [0.15, 0.2) is 0 Å². The number of halogens is 4. The van der Waals surface area contributed by atoms with Crippen molar-refractivity contribution in [3.8, 4) is 0 Å². The van der Waals surface area contributed by atoms with Gasteiger partial charge in [-0.25, -0.2) is 17.1 Å². The van der Waals surface area contributed by atoms with E-state index in [2.05, 4.69) is 9.97 Å². The molecule has 0 bridgehead atoms. The second kappa shape index (κ2) is 12.6. The number of hydrogen-bond donors (Lipinski definition) is 1. The topological polar surface area (TPSA) is 94.1 Å². The molecular weight excluding hydrogens is 512 g/mol. The fourth-order valence-electron chi connectivity index (χ4n) is 3.32. The first-order chi connectivity index (χ1) is 14.1. The van der Waals surface area contributed by atoms with E-state index in [-0.39, 0.29) is 61.0 Å². The van der Waals surface area contributed by atoms with Crippen LogP contribution in [0.15, 0.2) is 47.3 Å². The van der Waals surface area contributed by atoms with Crippen LogP contribution >= 0.6 is 37.2 Å². The number of hydrogen-bond acceptors (Lipinski definition) is 5. The third-order valence-electron chi connectivity index (χ3n) is 5.01. The molecule has 0 saturated heterocycles. The summed E-state index contributed by atoms with van der Waals surface area (Å²) in [6.07, 6.45) is 3.18. The number of aryl methyl sites for hydroxylation is 1. The van der Waals surface area contributed by atoms with Crippen molar-refractivity contribution in [1.82, 2.24) is 18.8 Å². The second-order valence-corrected chi connectivity index (χ2v) is 9.46. The molecule has 0 aliphatic carbocycles. The van der Waals surface area contributed by atoms with Gasteiger partial charge < -0.3 is 10.3 Å². The van der Waals surface area contributed by atoms with Crippen molar-refractivity contribution in [3.63, 3.8) is 0 Å². The van der Waals surface area contributed by atoms with Crippen molar-refractivity contribution in [3.05, 3.63) is 65.0 Å². The van der Waals surface area contributed by atoms with Crippen molar-refractivity contribution in [2.75, 3.05) is 20.6 Å². The highest BCUT2D eigenvalue weighted by molar-refractivity contribution is 7.89. The van der Waals surface area contributed by atoms with Gasteiger partial charge in [0.1, 0.15) is 10.7 Å². The minimum Gasteiger partial charge on any atom is -0.336 e. The molecule has 0 atom stereocenters. The fraction of sp³-hybridized carbons (Fsp3) is 0.333. The Kier molecular flexibility index (Phi) is 12.0. The van der Waals surface area contributed by atoms with E-state index < -0.39 is 10.0 Å². The molecule has 2 N–H and O–H groups in total. The highest BCUT2D eigenvalue weighted by atomic mass is 35.5. The maximum absolute atomic E-state index is 14.2. The Morgan fingerprint density at radius 2 is 1.82 bits per heavy atom. The predicted octanol–water partition coefficient (Wildman–Crippen LogP) is 3.97. The van der Waals surface area contributed by atoms with Crippen LogP contribution in [0.25, 0.3) is 11.0 Å². The van der Waals surface area contributed by atoms with Gasteiger partial charge in [0.25, 0.3) is 0 Å². The first kappa shape index (κ1) is 31.2. The van der Waals surface area contributed by atoms with Crippen LogP contribution in [0.3, 0.4) is 0 Å². The Labute approximate surface area is 212 Å². The van der Waals surface area contributed by atoms with E-state index in [0.717, 1.165) is 32.3 Å². The number of sulfonamides is 1. The van der Waals surface area contributed by atoms with Crippen molar-refractivity contribution >= 4 is 58.3 Å². The highest BCUT2D eigenvalue weighted by Crippen LogP contribution is 2.28. The van der Waals surface area contributed by atoms with Crippen LogP contribution in [0.2, 0.25) is 0 Å². The van der Waals surface area contributed by atoms with Gasteiger partial charge in [0.05, 0.1) is 17.6 Å². The Hall–Kier alpha value is -1.75. The lowest BCUT2D eigenvalue weighted by atomic mass is 10.1. The van der Waals surface area contributed by atoms with Crippen LogP contribution in [-0.4, -0.2) is 47.9 Å². The smallest absolute Gasteiger partial charge is 0.244 e. The number of aromatic nitrogens is 3. The maximum Gasteiger partial charge on any atom is 0.244 e. The molecule has 3 rings (SSSR count). The molecule has 3 aromatic rings. The van der Waals surface area contributed by atoms with Crippen LogP contribution < -0.4 is 5.73 Å². The molecule has 33 heavy (non-hydrogen) atoms. The molecule has 0 unspecified atom stereocenters. The van der Waals surface area contributed by atoms with Crippen LogP contribution in [0, 0.1) is 13.8 Å². The summed E-state index contributed by atoms with van der Waals surface area (Å²) < 4.78 is 41.7. The third-order valence-corrected chi connectivity index (χ3v) is 6.81. The van der Waals surface area contributed by atoms with E-state index >= 15 is 0 Å². The zero-order chi connectivity index (χ0) is 22.1. The molecule has 7 nitrogen and oxygen atoms in total. The Bertz CT molecular complexity index is 1210. The molecule has 0 saturated carbocycles. The summed E-state index contributed by atoms with van der Waals surface area (Å²) >= 11 is 0. The molecule has 3 heterocycles. The molecule has 0 aromatic carbocycles. The van der Waals surface area contributed by atoms with E-state index in [1.54, 1.807) is 12.1 Å². The fourth-order valence-corrected chi connectivity index (χ4v) is 4.17. The quantitative estimate of drug-likeness (QED) is 0.489. The van der Waals surface area contributed by atoms with Crippen molar-refractivity contribution in [1.29, 1.82) is 0 Å². The SMILES string of the molecule is Cc1ccc2c(n1)c(Cc1ccc(S(=O)(=O)N(C)C)cn1)c(C)n2C/C(F)=C/CN.Cl.Cl.Cl. The lowest BCUT2D eigenvalue weighted by Gasteiger charge is -2.11. The normalized spacial score (nSPS) is 11.7. The number of fused-ring (bicyclic) bond motifs is 1. The van der Waals surface area contributed by atoms with Gasteiger partial charge in [-0.2, -0.15) is 0 Å². The van der Waals surface area contributed by atoms with Crippen molar-refractivity contribution < 1.29 is 12.8 Å². The first-order valence-electron chi connectivity index (χ1n) is 9.52. The summed E-state index contributed by atoms with van der Waals surface area (Å²) in [5.41, 5.74) is 10.4. The second-order valence-electron chi connectivity index (χ2n) is 7.31. The Morgan fingerprint density at radius 3 is 2.36 bits per heavy atom. The van der Waals surface area contributed by atoms with E-state index in [4.69, 9.17) is 5.73 Å². The van der Waals surface area contributed by atoms with Crippen molar-refractivity contribution in [2.45, 2.75) is 31.7 Å². The lowest BCUT2D eigenvalue weighted by Crippen LogP contribution is -2.22. The zero-order valence-corrected chi connectivity index (χ0v) is 22.0. The molecule has 0 fully saturated rings. The van der Waals surface area contributed by atoms with Gasteiger partial charge in [-0.3, -0.25) is 9.97 Å². The molecular formula is C21H29Cl3FN5O2S. The van der Waals surface area contributed by atoms with E-state index in [0.29, 0.717) is 12.1 Å². The molecule has 0 radical (unpaired) electrons. The van der Waals surface area contributed by atoms with E-state index in [1.807, 2.05) is 30.5 Å². The standard InChI is InChI=1S/C21H26FN5O2S.3ClH/c1-14-5-8-20-21(25-14)19(15(2)27(20)13-16(22)9-10-23)11-17-6-7-18(12-24-17)30(28,29)26(3)4;;;/h5-9,12H,10-11,13,23H2,1-4H3;3*1H/b16-9-;;;. The molecule has 3 aromatic heterocycles. The number of nitrogens with two attached hydrogens (primary N) is 1. The minimum atomic E-state index is -3.53. The average molecular weight is 541 g/mol. The molecule has 0 aliphatic heterocycles. The van der Waals surface area contributed by atoms with Crippen LogP contribution in [-0.2, 0) is 23.0 Å². The molecule has 12 heteroatoms. The minimum absolute atomic E-state index is 0. The van der Waals surface area contributed by atoms with E-state index in [1.165, 1.54) is 26.4 Å². The Balaban J connectivity index is 0.00000341. The highest BCUT2D eigenvalue weighted by Gasteiger charge is 2.20. The maximum atomic E-state index is 14.2. The number of pyridine rings is 2. The third kappa shape index (κ3) is 6.65. The van der Waals surface area contributed by atoms with Gasteiger partial charge in [-0.15, -0.1) is 37.2 Å². The van der Waals surface area contributed by atoms with Gasteiger partial charge in [-0.05, 0) is 44.2 Å². The largest absolute Gasteiger partial charge is 0.336 e.